The molecule has 0 rings (SSSR count). The number of carboxylic acid groups (broad SMARTS) is 1. The number of quaternary nitrogens is 1. The molecule has 1 N–H and O–H groups in total. The van der Waals surface area contributed by atoms with Gasteiger partial charge in [0.1, 0.15) is 13.2 Å². The lowest BCUT2D eigenvalue weighted by molar-refractivity contribution is -0.870. The highest BCUT2D eigenvalue weighted by atomic mass is 16.7. The van der Waals surface area contributed by atoms with E-state index in [-0.39, 0.29) is 38.6 Å². The Labute approximate surface area is 472 Å². The molecule has 0 aliphatic heterocycles. The van der Waals surface area contributed by atoms with Gasteiger partial charge in [-0.2, -0.15) is 0 Å². The summed E-state index contributed by atoms with van der Waals surface area (Å²) >= 11 is 0. The summed E-state index contributed by atoms with van der Waals surface area (Å²) in [7, 11) is 5.96. The number of rotatable bonds is 55. The highest BCUT2D eigenvalue weighted by molar-refractivity contribution is 5.71. The van der Waals surface area contributed by atoms with Crippen LogP contribution in [0.4, 0.5) is 0 Å². The fourth-order valence-electron chi connectivity index (χ4n) is 8.00. The number of nitrogens with zero attached hydrogens (tertiary/aromatic N) is 1. The Morgan fingerprint density at radius 3 is 1.10 bits per heavy atom. The minimum Gasteiger partial charge on any atom is -0.477 e. The minimum absolute atomic E-state index is 0.180. The predicted octanol–water partition coefficient (Wildman–Crippen LogP) is 18.5. The number of likely N-dealkylation sites (N-methyl/N-ethyl adjacent to an activating group) is 1. The molecule has 0 spiro atoms. The number of unbranched alkanes of at least 4 members (excludes halogenated alkanes) is 20. The van der Waals surface area contributed by atoms with Gasteiger partial charge in [-0.1, -0.05) is 232 Å². The normalized spacial score (nSPS) is 13.6. The van der Waals surface area contributed by atoms with E-state index in [1.54, 1.807) is 0 Å². The monoisotopic (exact) mass is 1070 g/mol. The van der Waals surface area contributed by atoms with E-state index in [1.165, 1.54) is 83.5 Å². The van der Waals surface area contributed by atoms with Crippen molar-refractivity contribution < 1.29 is 42.9 Å². The van der Waals surface area contributed by atoms with Crippen LogP contribution in [0.5, 0.6) is 0 Å². The molecule has 9 nitrogen and oxygen atoms in total. The molecule has 0 aliphatic rings. The van der Waals surface area contributed by atoms with Gasteiger partial charge in [0.05, 0.1) is 34.4 Å². The van der Waals surface area contributed by atoms with E-state index in [1.807, 2.05) is 21.1 Å². The van der Waals surface area contributed by atoms with Crippen LogP contribution in [0.1, 0.15) is 232 Å². The first-order valence-electron chi connectivity index (χ1n) is 30.7. The van der Waals surface area contributed by atoms with E-state index in [2.05, 4.69) is 135 Å². The Hall–Kier alpha value is -4.31. The lowest BCUT2D eigenvalue weighted by atomic mass is 10.0. The third-order valence-corrected chi connectivity index (χ3v) is 12.7. The summed E-state index contributed by atoms with van der Waals surface area (Å²) in [5.74, 6) is -2.03. The molecule has 0 aromatic rings. The molecule has 0 fully saturated rings. The number of ether oxygens (including phenoxy) is 4. The maximum Gasteiger partial charge on any atom is 0.361 e. The highest BCUT2D eigenvalue weighted by Crippen LogP contribution is 2.15. The molecule has 0 saturated carbocycles. The topological polar surface area (TPSA) is 108 Å². The molecule has 0 saturated heterocycles. The van der Waals surface area contributed by atoms with E-state index in [0.29, 0.717) is 17.4 Å². The van der Waals surface area contributed by atoms with Crippen LogP contribution in [0.3, 0.4) is 0 Å². The molecule has 2 unspecified atom stereocenters. The number of esters is 2. The molecule has 0 aromatic carbocycles. The first-order valence-corrected chi connectivity index (χ1v) is 30.7. The maximum atomic E-state index is 12.9. The van der Waals surface area contributed by atoms with Crippen LogP contribution >= 0.6 is 0 Å². The van der Waals surface area contributed by atoms with E-state index < -0.39 is 24.3 Å². The standard InChI is InChI=1S/C68H113NO8/c1-6-8-10-12-14-16-18-20-22-23-24-25-26-27-28-29-30-31-32-33-34-35-36-37-38-39-40-41-42-43-45-47-49-51-53-55-57-59-66(71)77-64(63-76-68(67(72)73)74-61-60-69(3,4)5)62-75-65(70)58-56-54-52-50-48-46-44-21-19-17-15-13-11-9-7-2/h8,10,14-17,20-22,24-25,27-28,30-31,33-34,36-37,44,64,68H,6-7,9,11-13,18-19,23,26,29,32,35,38-43,45-63H2,1-5H3/p+1/b10-8-,16-14-,17-15-,22-20-,25-24-,28-27-,31-30-,34-33-,37-36-,44-21-. The van der Waals surface area contributed by atoms with Crippen LogP contribution in [-0.4, -0.2) is 87.4 Å². The van der Waals surface area contributed by atoms with E-state index in [0.717, 1.165) is 116 Å². The molecule has 438 valence electrons. The highest BCUT2D eigenvalue weighted by Gasteiger charge is 2.25. The van der Waals surface area contributed by atoms with Gasteiger partial charge < -0.3 is 28.5 Å². The second kappa shape index (κ2) is 57.9. The van der Waals surface area contributed by atoms with Crippen LogP contribution in [0.15, 0.2) is 122 Å². The summed E-state index contributed by atoms with van der Waals surface area (Å²) in [6.45, 7) is 4.71. The fourth-order valence-corrected chi connectivity index (χ4v) is 8.00. The quantitative estimate of drug-likeness (QED) is 0.0211. The van der Waals surface area contributed by atoms with Gasteiger partial charge in [0, 0.05) is 12.8 Å². The molecule has 2 atom stereocenters. The number of hydrogen-bond donors (Lipinski definition) is 1. The number of allylic oxidation sites excluding steroid dienone is 20. The van der Waals surface area contributed by atoms with Gasteiger partial charge in [-0.15, -0.1) is 0 Å². The van der Waals surface area contributed by atoms with Crippen molar-refractivity contribution in [2.24, 2.45) is 0 Å². The van der Waals surface area contributed by atoms with E-state index in [4.69, 9.17) is 18.9 Å². The Morgan fingerprint density at radius 1 is 0.403 bits per heavy atom. The number of carboxylic acids is 1. The maximum absolute atomic E-state index is 12.9. The summed E-state index contributed by atoms with van der Waals surface area (Å²) in [5.41, 5.74) is 0. The smallest absolute Gasteiger partial charge is 0.361 e. The van der Waals surface area contributed by atoms with Gasteiger partial charge in [-0.25, -0.2) is 4.79 Å². The first kappa shape index (κ1) is 72.7. The summed E-state index contributed by atoms with van der Waals surface area (Å²) in [4.78, 5) is 37.4. The number of carbonyl (C=O) groups excluding carboxylic acids is 2. The van der Waals surface area contributed by atoms with Crippen LogP contribution in [0, 0.1) is 0 Å². The molecular weight excluding hydrogens is 959 g/mol. The van der Waals surface area contributed by atoms with Gasteiger partial charge in [-0.05, 0) is 109 Å². The zero-order valence-electron chi connectivity index (χ0n) is 49.8. The van der Waals surface area contributed by atoms with Gasteiger partial charge in [0.2, 0.25) is 0 Å². The van der Waals surface area contributed by atoms with Crippen LogP contribution in [0.25, 0.3) is 0 Å². The predicted molar refractivity (Wildman–Crippen MR) is 327 cm³/mol. The lowest BCUT2D eigenvalue weighted by Gasteiger charge is -2.25. The van der Waals surface area contributed by atoms with Gasteiger partial charge >= 0.3 is 17.9 Å². The van der Waals surface area contributed by atoms with Crippen molar-refractivity contribution in [2.45, 2.75) is 245 Å². The van der Waals surface area contributed by atoms with Crippen LogP contribution in [0.2, 0.25) is 0 Å². The third kappa shape index (κ3) is 59.2. The van der Waals surface area contributed by atoms with Crippen molar-refractivity contribution >= 4 is 17.9 Å². The number of hydrogen-bond acceptors (Lipinski definition) is 7. The Kier molecular flexibility index (Phi) is 54.6. The van der Waals surface area contributed by atoms with Gasteiger partial charge in [0.15, 0.2) is 6.10 Å². The second-order valence-corrected chi connectivity index (χ2v) is 21.3. The molecule has 0 heterocycles. The van der Waals surface area contributed by atoms with Crippen molar-refractivity contribution in [3.63, 3.8) is 0 Å². The zero-order valence-corrected chi connectivity index (χ0v) is 49.8. The van der Waals surface area contributed by atoms with Gasteiger partial charge in [0.25, 0.3) is 6.29 Å². The van der Waals surface area contributed by atoms with Crippen molar-refractivity contribution in [3.05, 3.63) is 122 Å². The van der Waals surface area contributed by atoms with Crippen molar-refractivity contribution in [1.82, 2.24) is 0 Å². The molecular formula is C68H114NO8+. The SMILES string of the molecule is CC/C=C\C/C=C\C/C=C\C/C=C\C/C=C\C/C=C\C/C=C\C/C=C\CCCCCCCCCCCCCCC(=O)OC(COC(=O)CCCCCCC/C=C\C/C=C\CCCCC)COC(OCC[N+](C)(C)C)C(=O)O. The molecule has 77 heavy (non-hydrogen) atoms. The molecule has 0 amide bonds. The van der Waals surface area contributed by atoms with E-state index >= 15 is 0 Å². The lowest BCUT2D eigenvalue weighted by Crippen LogP contribution is -2.40. The summed E-state index contributed by atoms with van der Waals surface area (Å²) in [6.07, 6.45) is 78.6. The van der Waals surface area contributed by atoms with Crippen LogP contribution < -0.4 is 0 Å². The molecule has 0 bridgehead atoms. The Balaban J connectivity index is 4.15. The van der Waals surface area contributed by atoms with Crippen LogP contribution in [-0.2, 0) is 33.3 Å². The Bertz CT molecular complexity index is 1670. The molecule has 0 radical (unpaired) electrons. The molecule has 0 aromatic heterocycles. The number of aliphatic carboxylic acids is 1. The summed E-state index contributed by atoms with van der Waals surface area (Å²) < 4.78 is 22.9. The zero-order chi connectivity index (χ0) is 56.2. The van der Waals surface area contributed by atoms with Crippen molar-refractivity contribution in [2.75, 3.05) is 47.5 Å². The van der Waals surface area contributed by atoms with Crippen molar-refractivity contribution in [3.8, 4) is 0 Å². The van der Waals surface area contributed by atoms with E-state index in [9.17, 15) is 19.5 Å². The largest absolute Gasteiger partial charge is 0.477 e. The summed E-state index contributed by atoms with van der Waals surface area (Å²) in [5, 5.41) is 9.70. The van der Waals surface area contributed by atoms with Crippen molar-refractivity contribution in [1.29, 1.82) is 0 Å². The average molecular weight is 1070 g/mol. The third-order valence-electron chi connectivity index (χ3n) is 12.7. The fraction of sp³-hybridized carbons (Fsp3) is 0.662. The number of carbonyl (C=O) groups is 3. The Morgan fingerprint density at radius 2 is 0.740 bits per heavy atom. The average Bonchev–Trinajstić information content (AvgIpc) is 3.40. The first-order chi connectivity index (χ1) is 37.6. The van der Waals surface area contributed by atoms with Gasteiger partial charge in [-0.3, -0.25) is 9.59 Å². The second-order valence-electron chi connectivity index (χ2n) is 21.3. The minimum atomic E-state index is -1.52. The molecule has 9 heteroatoms. The molecule has 0 aliphatic carbocycles. The summed E-state index contributed by atoms with van der Waals surface area (Å²) in [6, 6.07) is 0.